The second-order valence-electron chi connectivity index (χ2n) is 9.82. The predicted octanol–water partition coefficient (Wildman–Crippen LogP) is 4.84. The molecule has 2 aromatic carbocycles. The van der Waals surface area contributed by atoms with E-state index in [1.807, 2.05) is 24.3 Å². The Morgan fingerprint density at radius 1 is 1.11 bits per heavy atom. The molecule has 1 aliphatic heterocycles. The smallest absolute Gasteiger partial charge is 0.250 e. The van der Waals surface area contributed by atoms with Crippen LogP contribution in [0, 0.1) is 11.7 Å². The highest BCUT2D eigenvalue weighted by Gasteiger charge is 2.30. The van der Waals surface area contributed by atoms with Crippen molar-refractivity contribution >= 4 is 43.0 Å². The molecule has 2 N–H and O–H groups in total. The van der Waals surface area contributed by atoms with E-state index in [4.69, 9.17) is 0 Å². The molecule has 0 bridgehead atoms. The van der Waals surface area contributed by atoms with Crippen molar-refractivity contribution in [3.05, 3.63) is 59.9 Å². The summed E-state index contributed by atoms with van der Waals surface area (Å²) in [6.07, 6.45) is 6.77. The molecule has 192 valence electrons. The molecule has 6 nitrogen and oxygen atoms in total. The second kappa shape index (κ2) is 10.9. The molecule has 1 fully saturated rings. The summed E-state index contributed by atoms with van der Waals surface area (Å²) in [4.78, 5) is 15.4. The number of thiophene rings is 1. The Bertz CT molecular complexity index is 1300. The minimum Gasteiger partial charge on any atom is -0.369 e. The Hall–Kier alpha value is -2.49. The number of nitrogens with one attached hydrogen (secondary N) is 2. The number of carbonyl (C=O) groups excluding carboxylic acids is 1. The molecular formula is C27H32FN3O3S2. The van der Waals surface area contributed by atoms with Gasteiger partial charge in [0.05, 0.1) is 0 Å². The minimum absolute atomic E-state index is 0.228. The summed E-state index contributed by atoms with van der Waals surface area (Å²) in [5, 5.41) is 3.84. The monoisotopic (exact) mass is 529 g/mol. The summed E-state index contributed by atoms with van der Waals surface area (Å²) in [7, 11) is -3.84. The molecule has 0 spiro atoms. The topological polar surface area (TPSA) is 78.5 Å². The zero-order valence-corrected chi connectivity index (χ0v) is 21.8. The summed E-state index contributed by atoms with van der Waals surface area (Å²) < 4.78 is 43.9. The minimum atomic E-state index is -3.84. The zero-order valence-electron chi connectivity index (χ0n) is 20.2. The summed E-state index contributed by atoms with van der Waals surface area (Å²) >= 11 is 1.22. The first-order valence-corrected chi connectivity index (χ1v) is 15.0. The summed E-state index contributed by atoms with van der Waals surface area (Å²) in [6.45, 7) is 1.75. The van der Waals surface area contributed by atoms with Gasteiger partial charge in [0.25, 0.3) is 10.0 Å². The van der Waals surface area contributed by atoms with E-state index in [0.29, 0.717) is 25.4 Å². The number of benzene rings is 2. The van der Waals surface area contributed by atoms with Gasteiger partial charge >= 0.3 is 0 Å². The maximum atomic E-state index is 13.5. The van der Waals surface area contributed by atoms with Gasteiger partial charge in [-0.15, -0.1) is 11.3 Å². The molecule has 9 heteroatoms. The second-order valence-corrected chi connectivity index (χ2v) is 12.8. The van der Waals surface area contributed by atoms with Gasteiger partial charge in [-0.1, -0.05) is 50.3 Å². The normalized spacial score (nSPS) is 17.3. The van der Waals surface area contributed by atoms with Gasteiger partial charge in [0.2, 0.25) is 5.91 Å². The summed E-state index contributed by atoms with van der Waals surface area (Å²) in [6, 6.07) is 13.2. The highest BCUT2D eigenvalue weighted by Crippen LogP contribution is 2.31. The van der Waals surface area contributed by atoms with Gasteiger partial charge in [0, 0.05) is 30.0 Å². The van der Waals surface area contributed by atoms with Crippen molar-refractivity contribution in [3.8, 4) is 0 Å². The standard InChI is InChI=1S/C27H32FN3O3S2/c28-22-10-11-24-20(17-22)12-14-31(24)15-13-29-27(32)23(16-19-6-2-1-3-7-19)30-36(33,34)26-18-21-8-4-5-9-25(21)35-26/h4-5,8-11,17-19,23,30H,1-3,6-7,12-16H2,(H,29,32). The third kappa shape index (κ3) is 5.74. The molecule has 1 unspecified atom stereocenters. The average Bonchev–Trinajstić information content (AvgIpc) is 3.48. The van der Waals surface area contributed by atoms with Crippen LogP contribution in [-0.4, -0.2) is 40.0 Å². The van der Waals surface area contributed by atoms with Crippen molar-refractivity contribution in [1.82, 2.24) is 10.0 Å². The van der Waals surface area contributed by atoms with E-state index in [1.54, 1.807) is 18.2 Å². The molecular weight excluding hydrogens is 497 g/mol. The largest absolute Gasteiger partial charge is 0.369 e. The van der Waals surface area contributed by atoms with Crippen LogP contribution in [0.3, 0.4) is 0 Å². The van der Waals surface area contributed by atoms with Gasteiger partial charge in [0.1, 0.15) is 16.1 Å². The lowest BCUT2D eigenvalue weighted by molar-refractivity contribution is -0.123. The van der Waals surface area contributed by atoms with E-state index in [2.05, 4.69) is 14.9 Å². The van der Waals surface area contributed by atoms with Crippen molar-refractivity contribution in [2.45, 2.75) is 55.2 Å². The number of fused-ring (bicyclic) bond motifs is 2. The molecule has 2 aliphatic rings. The van der Waals surface area contributed by atoms with Crippen LogP contribution >= 0.6 is 11.3 Å². The van der Waals surface area contributed by atoms with E-state index in [0.717, 1.165) is 60.0 Å². The van der Waals surface area contributed by atoms with Gasteiger partial charge in [-0.2, -0.15) is 4.72 Å². The molecule has 5 rings (SSSR count). The lowest BCUT2D eigenvalue weighted by atomic mass is 9.85. The van der Waals surface area contributed by atoms with E-state index in [-0.39, 0.29) is 15.9 Å². The fourth-order valence-electron chi connectivity index (χ4n) is 5.41. The van der Waals surface area contributed by atoms with Crippen LogP contribution in [0.4, 0.5) is 10.1 Å². The maximum absolute atomic E-state index is 13.5. The highest BCUT2D eigenvalue weighted by atomic mass is 32.2. The Kier molecular flexibility index (Phi) is 7.60. The predicted molar refractivity (Wildman–Crippen MR) is 142 cm³/mol. The van der Waals surface area contributed by atoms with Crippen molar-refractivity contribution in [2.24, 2.45) is 5.92 Å². The average molecular weight is 530 g/mol. The van der Waals surface area contributed by atoms with Crippen LogP contribution in [0.2, 0.25) is 0 Å². The number of sulfonamides is 1. The van der Waals surface area contributed by atoms with Crippen LogP contribution < -0.4 is 14.9 Å². The molecule has 1 aromatic heterocycles. The van der Waals surface area contributed by atoms with Crippen LogP contribution in [0.5, 0.6) is 0 Å². The Balaban J connectivity index is 1.26. The van der Waals surface area contributed by atoms with Gasteiger partial charge in [-0.3, -0.25) is 4.79 Å². The fourth-order valence-corrected chi connectivity index (χ4v) is 8.03. The maximum Gasteiger partial charge on any atom is 0.250 e. The number of rotatable bonds is 9. The third-order valence-electron chi connectivity index (χ3n) is 7.29. The molecule has 2 heterocycles. The molecule has 0 saturated heterocycles. The summed E-state index contributed by atoms with van der Waals surface area (Å²) in [5.74, 6) is -0.191. The first-order valence-electron chi connectivity index (χ1n) is 12.7. The fraction of sp³-hybridized carbons (Fsp3) is 0.444. The van der Waals surface area contributed by atoms with Gasteiger partial charge in [-0.05, 0) is 60.0 Å². The number of amides is 1. The summed E-state index contributed by atoms with van der Waals surface area (Å²) in [5.41, 5.74) is 1.97. The first kappa shape index (κ1) is 25.2. The van der Waals surface area contributed by atoms with Gasteiger partial charge in [0.15, 0.2) is 0 Å². The van der Waals surface area contributed by atoms with Gasteiger partial charge < -0.3 is 10.2 Å². The Morgan fingerprint density at radius 3 is 2.72 bits per heavy atom. The first-order chi connectivity index (χ1) is 17.4. The third-order valence-corrected chi connectivity index (χ3v) is 10.4. The van der Waals surface area contributed by atoms with Crippen LogP contribution in [0.25, 0.3) is 10.1 Å². The number of hydrogen-bond donors (Lipinski definition) is 2. The number of nitrogens with zero attached hydrogens (tertiary/aromatic N) is 1. The van der Waals surface area contributed by atoms with E-state index in [9.17, 15) is 17.6 Å². The molecule has 0 radical (unpaired) electrons. The lowest BCUT2D eigenvalue weighted by Crippen LogP contribution is -2.49. The van der Waals surface area contributed by atoms with E-state index < -0.39 is 16.1 Å². The number of anilines is 1. The Labute approximate surface area is 215 Å². The van der Waals surface area contributed by atoms with Gasteiger partial charge in [-0.25, -0.2) is 12.8 Å². The SMILES string of the molecule is O=C(NCCN1CCc2cc(F)ccc21)C(CC1CCCCC1)NS(=O)(=O)c1cc2ccccc2s1. The highest BCUT2D eigenvalue weighted by molar-refractivity contribution is 7.91. The molecule has 3 aromatic rings. The van der Waals surface area contributed by atoms with Crippen molar-refractivity contribution < 1.29 is 17.6 Å². The van der Waals surface area contributed by atoms with Crippen molar-refractivity contribution in [1.29, 1.82) is 0 Å². The molecule has 1 atom stereocenters. The molecule has 1 amide bonds. The zero-order chi connectivity index (χ0) is 25.1. The number of carbonyl (C=O) groups is 1. The molecule has 36 heavy (non-hydrogen) atoms. The number of halogens is 1. The van der Waals surface area contributed by atoms with Crippen molar-refractivity contribution in [3.63, 3.8) is 0 Å². The van der Waals surface area contributed by atoms with Crippen molar-refractivity contribution in [2.75, 3.05) is 24.5 Å². The lowest BCUT2D eigenvalue weighted by Gasteiger charge is -2.27. The van der Waals surface area contributed by atoms with Crippen LogP contribution in [-0.2, 0) is 21.2 Å². The number of hydrogen-bond acceptors (Lipinski definition) is 5. The Morgan fingerprint density at radius 2 is 1.92 bits per heavy atom. The quantitative estimate of drug-likeness (QED) is 0.416. The van der Waals surface area contributed by atoms with E-state index in [1.165, 1.54) is 23.8 Å². The van der Waals surface area contributed by atoms with Crippen LogP contribution in [0.1, 0.15) is 44.1 Å². The van der Waals surface area contributed by atoms with E-state index >= 15 is 0 Å². The van der Waals surface area contributed by atoms with Crippen LogP contribution in [0.15, 0.2) is 52.7 Å². The molecule has 1 saturated carbocycles. The molecule has 1 aliphatic carbocycles.